The van der Waals surface area contributed by atoms with E-state index in [-0.39, 0.29) is 0 Å². The fourth-order valence-corrected chi connectivity index (χ4v) is 3.46. The number of aryl methyl sites for hydroxylation is 1. The zero-order valence-corrected chi connectivity index (χ0v) is 12.7. The summed E-state index contributed by atoms with van der Waals surface area (Å²) in [7, 11) is 0. The summed E-state index contributed by atoms with van der Waals surface area (Å²) < 4.78 is 5.81. The number of hydrogen-bond acceptors (Lipinski definition) is 5. The predicted octanol–water partition coefficient (Wildman–Crippen LogP) is 3.02. The molecule has 0 radical (unpaired) electrons. The van der Waals surface area contributed by atoms with E-state index in [1.807, 2.05) is 24.4 Å². The predicted molar refractivity (Wildman–Crippen MR) is 81.7 cm³/mol. The topological polar surface area (TPSA) is 55.3 Å². The maximum Gasteiger partial charge on any atom is 0.236 e. The molecule has 0 bridgehead atoms. The quantitative estimate of drug-likeness (QED) is 0.940. The Hall–Kier alpha value is -1.17. The first-order chi connectivity index (χ1) is 9.78. The summed E-state index contributed by atoms with van der Waals surface area (Å²) in [6.45, 7) is 4.70. The second-order valence-corrected chi connectivity index (χ2v) is 6.30. The third kappa shape index (κ3) is 2.80. The normalized spacial score (nSPS) is 20.4. The molecule has 1 fully saturated rings. The number of nitrogens with two attached hydrogens (primary N) is 1. The van der Waals surface area contributed by atoms with Gasteiger partial charge >= 0.3 is 0 Å². The Kier molecular flexibility index (Phi) is 4.19. The maximum atomic E-state index is 5.88. The molecule has 1 unspecified atom stereocenters. The van der Waals surface area contributed by atoms with Crippen molar-refractivity contribution in [1.29, 1.82) is 0 Å². The molecule has 1 saturated heterocycles. The molecule has 0 amide bonds. The molecule has 4 nitrogen and oxygen atoms in total. The van der Waals surface area contributed by atoms with Gasteiger partial charge in [0.2, 0.25) is 5.89 Å². The van der Waals surface area contributed by atoms with Crippen LogP contribution in [0.1, 0.15) is 30.7 Å². The molecule has 3 heterocycles. The molecule has 3 rings (SSSR count). The molecular formula is C15H21N3OS. The van der Waals surface area contributed by atoms with Gasteiger partial charge in [-0.25, -0.2) is 4.98 Å². The number of rotatable bonds is 4. The maximum absolute atomic E-state index is 5.88. The lowest BCUT2D eigenvalue weighted by molar-refractivity contribution is 0.142. The molecular weight excluding hydrogens is 270 g/mol. The smallest absolute Gasteiger partial charge is 0.236 e. The minimum atomic E-state index is 0.491. The van der Waals surface area contributed by atoms with Crippen LogP contribution in [0.2, 0.25) is 0 Å². The minimum Gasteiger partial charge on any atom is -0.440 e. The number of piperidine rings is 1. The Balaban J connectivity index is 1.77. The number of likely N-dealkylation sites (tertiary alicyclic amines) is 1. The van der Waals surface area contributed by atoms with Gasteiger partial charge in [-0.2, -0.15) is 0 Å². The first-order valence-corrected chi connectivity index (χ1v) is 8.10. The van der Waals surface area contributed by atoms with Gasteiger partial charge in [0.15, 0.2) is 0 Å². The van der Waals surface area contributed by atoms with Crippen LogP contribution in [0.5, 0.6) is 0 Å². The highest BCUT2D eigenvalue weighted by atomic mass is 32.1. The van der Waals surface area contributed by atoms with Gasteiger partial charge in [0.1, 0.15) is 5.76 Å². The molecule has 0 saturated carbocycles. The van der Waals surface area contributed by atoms with Crippen LogP contribution in [0, 0.1) is 6.92 Å². The van der Waals surface area contributed by atoms with Gasteiger partial charge in [-0.1, -0.05) is 12.5 Å². The van der Waals surface area contributed by atoms with Gasteiger partial charge in [0.25, 0.3) is 0 Å². The van der Waals surface area contributed by atoms with E-state index >= 15 is 0 Å². The summed E-state index contributed by atoms with van der Waals surface area (Å²) in [5.41, 5.74) is 6.93. The highest BCUT2D eigenvalue weighted by Gasteiger charge is 2.23. The zero-order valence-electron chi connectivity index (χ0n) is 11.8. The SMILES string of the molecule is Cc1oc(-c2cccs2)nc1CN1CCCCC1CN. The van der Waals surface area contributed by atoms with E-state index in [9.17, 15) is 0 Å². The Bertz CT molecular complexity index is 549. The first kappa shape index (κ1) is 13.8. The highest BCUT2D eigenvalue weighted by molar-refractivity contribution is 7.13. The number of hydrogen-bond donors (Lipinski definition) is 1. The summed E-state index contributed by atoms with van der Waals surface area (Å²) in [6.07, 6.45) is 3.74. The standard InChI is InChI=1S/C15H21N3OS/c1-11-13(10-18-7-3-2-5-12(18)9-16)17-15(19-11)14-6-4-8-20-14/h4,6,8,12H,2-3,5,7,9-10,16H2,1H3. The van der Waals surface area contributed by atoms with Crippen molar-refractivity contribution >= 4 is 11.3 Å². The van der Waals surface area contributed by atoms with Crippen LogP contribution < -0.4 is 5.73 Å². The van der Waals surface area contributed by atoms with Gasteiger partial charge in [0, 0.05) is 19.1 Å². The van der Waals surface area contributed by atoms with Crippen molar-refractivity contribution in [2.75, 3.05) is 13.1 Å². The van der Waals surface area contributed by atoms with Crippen LogP contribution in [-0.2, 0) is 6.54 Å². The Morgan fingerprint density at radius 2 is 2.40 bits per heavy atom. The highest BCUT2D eigenvalue weighted by Crippen LogP contribution is 2.27. The summed E-state index contributed by atoms with van der Waals surface area (Å²) >= 11 is 1.66. The molecule has 1 aliphatic heterocycles. The van der Waals surface area contributed by atoms with Gasteiger partial charge in [-0.3, -0.25) is 4.90 Å². The summed E-state index contributed by atoms with van der Waals surface area (Å²) in [6, 6.07) is 4.56. The molecule has 2 aromatic heterocycles. The molecule has 0 spiro atoms. The van der Waals surface area contributed by atoms with Gasteiger partial charge in [0.05, 0.1) is 10.6 Å². The van der Waals surface area contributed by atoms with Crippen molar-refractivity contribution in [3.63, 3.8) is 0 Å². The van der Waals surface area contributed by atoms with Crippen LogP contribution in [0.25, 0.3) is 10.8 Å². The summed E-state index contributed by atoms with van der Waals surface area (Å²) in [5, 5.41) is 2.05. The Morgan fingerprint density at radius 3 is 3.15 bits per heavy atom. The number of thiophene rings is 1. The van der Waals surface area contributed by atoms with Crippen molar-refractivity contribution < 1.29 is 4.42 Å². The third-order valence-corrected chi connectivity index (χ3v) is 4.86. The monoisotopic (exact) mass is 291 g/mol. The van der Waals surface area contributed by atoms with E-state index in [0.29, 0.717) is 6.04 Å². The molecule has 108 valence electrons. The van der Waals surface area contributed by atoms with Gasteiger partial charge < -0.3 is 10.2 Å². The first-order valence-electron chi connectivity index (χ1n) is 7.22. The average Bonchev–Trinajstić information content (AvgIpc) is 3.10. The van der Waals surface area contributed by atoms with Crippen LogP contribution in [0.3, 0.4) is 0 Å². The summed E-state index contributed by atoms with van der Waals surface area (Å²) in [5.74, 6) is 1.67. The fraction of sp³-hybridized carbons (Fsp3) is 0.533. The van der Waals surface area contributed by atoms with E-state index in [2.05, 4.69) is 9.88 Å². The largest absolute Gasteiger partial charge is 0.440 e. The van der Waals surface area contributed by atoms with Crippen molar-refractivity contribution in [2.24, 2.45) is 5.73 Å². The molecule has 0 aliphatic carbocycles. The van der Waals surface area contributed by atoms with Crippen LogP contribution in [0.15, 0.2) is 21.9 Å². The molecule has 2 aromatic rings. The van der Waals surface area contributed by atoms with Crippen LogP contribution >= 0.6 is 11.3 Å². The van der Waals surface area contributed by atoms with Crippen LogP contribution in [0.4, 0.5) is 0 Å². The Morgan fingerprint density at radius 1 is 1.50 bits per heavy atom. The van der Waals surface area contributed by atoms with Crippen LogP contribution in [-0.4, -0.2) is 29.0 Å². The molecule has 0 aromatic carbocycles. The molecule has 1 aliphatic rings. The van der Waals surface area contributed by atoms with Crippen molar-refractivity contribution in [1.82, 2.24) is 9.88 Å². The lowest BCUT2D eigenvalue weighted by atomic mass is 10.0. The summed E-state index contributed by atoms with van der Waals surface area (Å²) in [4.78, 5) is 8.22. The molecule has 1 atom stereocenters. The third-order valence-electron chi connectivity index (χ3n) is 4.00. The average molecular weight is 291 g/mol. The van der Waals surface area contributed by atoms with E-state index in [0.717, 1.165) is 41.9 Å². The van der Waals surface area contributed by atoms with E-state index in [4.69, 9.17) is 10.2 Å². The molecule has 2 N–H and O–H groups in total. The number of nitrogens with zero attached hydrogens (tertiary/aromatic N) is 2. The number of oxazole rings is 1. The molecule has 5 heteroatoms. The lowest BCUT2D eigenvalue weighted by Crippen LogP contribution is -2.43. The van der Waals surface area contributed by atoms with Gasteiger partial charge in [-0.15, -0.1) is 11.3 Å². The lowest BCUT2D eigenvalue weighted by Gasteiger charge is -2.34. The minimum absolute atomic E-state index is 0.491. The zero-order chi connectivity index (χ0) is 13.9. The van der Waals surface area contributed by atoms with Crippen molar-refractivity contribution in [3.8, 4) is 10.8 Å². The van der Waals surface area contributed by atoms with Crippen molar-refractivity contribution in [3.05, 3.63) is 29.0 Å². The van der Waals surface area contributed by atoms with Crippen molar-refractivity contribution in [2.45, 2.75) is 38.8 Å². The fourth-order valence-electron chi connectivity index (χ4n) is 2.81. The van der Waals surface area contributed by atoms with E-state index < -0.39 is 0 Å². The molecule has 20 heavy (non-hydrogen) atoms. The number of aromatic nitrogens is 1. The second-order valence-electron chi connectivity index (χ2n) is 5.35. The van der Waals surface area contributed by atoms with E-state index in [1.165, 1.54) is 19.3 Å². The van der Waals surface area contributed by atoms with Gasteiger partial charge in [-0.05, 0) is 37.8 Å². The second kappa shape index (κ2) is 6.08. The van der Waals surface area contributed by atoms with E-state index in [1.54, 1.807) is 11.3 Å². The Labute approximate surface area is 123 Å².